The van der Waals surface area contributed by atoms with E-state index in [1.807, 2.05) is 0 Å². The largest absolute Gasteiger partial charge is 0.493 e. The van der Waals surface area contributed by atoms with Crippen molar-refractivity contribution in [3.63, 3.8) is 0 Å². The van der Waals surface area contributed by atoms with Crippen LogP contribution in [0.2, 0.25) is 0 Å². The van der Waals surface area contributed by atoms with Crippen molar-refractivity contribution in [1.29, 1.82) is 0 Å². The first kappa shape index (κ1) is 17.6. The maximum atomic E-state index is 6.09. The van der Waals surface area contributed by atoms with Crippen LogP contribution in [0.4, 0.5) is 0 Å². The van der Waals surface area contributed by atoms with Crippen molar-refractivity contribution in [1.82, 2.24) is 4.90 Å². The molecule has 3 heteroatoms. The molecule has 138 valence electrons. The molecule has 0 aromatic heterocycles. The van der Waals surface area contributed by atoms with Crippen LogP contribution >= 0.6 is 0 Å². The standard InChI is InChI=1S/C24H25NO2/c1-18-8-6-7-11-22(18)20-14-21-17-25(16-19-9-4-3-5-10-19)12-13-27-24(21)23(15-20)26-2/h3-11,14-15H,12-13,16-17H2,1-2H3. The Hall–Kier alpha value is -2.78. The van der Waals surface area contributed by atoms with Crippen LogP contribution in [-0.2, 0) is 13.1 Å². The molecule has 0 fully saturated rings. The fourth-order valence-corrected chi connectivity index (χ4v) is 3.72. The van der Waals surface area contributed by atoms with Gasteiger partial charge in [0.05, 0.1) is 7.11 Å². The summed E-state index contributed by atoms with van der Waals surface area (Å²) in [6.45, 7) is 5.47. The molecule has 1 aliphatic rings. The van der Waals surface area contributed by atoms with E-state index in [0.29, 0.717) is 6.61 Å². The molecule has 1 heterocycles. The van der Waals surface area contributed by atoms with Gasteiger partial charge in [-0.05, 0) is 41.3 Å². The zero-order valence-electron chi connectivity index (χ0n) is 15.9. The lowest BCUT2D eigenvalue weighted by Crippen LogP contribution is -2.25. The van der Waals surface area contributed by atoms with E-state index < -0.39 is 0 Å². The molecule has 0 amide bonds. The van der Waals surface area contributed by atoms with Crippen LogP contribution in [0, 0.1) is 6.92 Å². The minimum atomic E-state index is 0.667. The Kier molecular flexibility index (Phi) is 5.12. The fourth-order valence-electron chi connectivity index (χ4n) is 3.72. The van der Waals surface area contributed by atoms with Crippen LogP contribution in [0.1, 0.15) is 16.7 Å². The van der Waals surface area contributed by atoms with Crippen molar-refractivity contribution in [3.05, 3.63) is 83.4 Å². The Bertz CT molecular complexity index is 921. The summed E-state index contributed by atoms with van der Waals surface area (Å²) in [4.78, 5) is 2.43. The molecule has 0 radical (unpaired) electrons. The van der Waals surface area contributed by atoms with Crippen molar-refractivity contribution in [2.45, 2.75) is 20.0 Å². The number of hydrogen-bond donors (Lipinski definition) is 0. The van der Waals surface area contributed by atoms with Gasteiger partial charge in [0, 0.05) is 25.2 Å². The number of fused-ring (bicyclic) bond motifs is 1. The zero-order chi connectivity index (χ0) is 18.6. The minimum Gasteiger partial charge on any atom is -0.493 e. The van der Waals surface area contributed by atoms with Crippen LogP contribution in [0.25, 0.3) is 11.1 Å². The molecule has 0 bridgehead atoms. The summed E-state index contributed by atoms with van der Waals surface area (Å²) < 4.78 is 11.8. The van der Waals surface area contributed by atoms with Gasteiger partial charge in [0.1, 0.15) is 6.61 Å². The first-order valence-corrected chi connectivity index (χ1v) is 9.40. The lowest BCUT2D eigenvalue weighted by molar-refractivity contribution is 0.217. The van der Waals surface area contributed by atoms with Gasteiger partial charge in [0.15, 0.2) is 11.5 Å². The fraction of sp³-hybridized carbons (Fsp3) is 0.250. The SMILES string of the molecule is COc1cc(-c2ccccc2C)cc2c1OCCN(Cc1ccccc1)C2. The van der Waals surface area contributed by atoms with Crippen LogP contribution in [0.3, 0.4) is 0 Å². The van der Waals surface area contributed by atoms with Crippen molar-refractivity contribution in [2.24, 2.45) is 0 Å². The normalized spacial score (nSPS) is 14.1. The van der Waals surface area contributed by atoms with E-state index in [1.165, 1.54) is 27.8 Å². The second-order valence-electron chi connectivity index (χ2n) is 7.03. The molecule has 0 unspecified atom stereocenters. The van der Waals surface area contributed by atoms with Crippen molar-refractivity contribution in [2.75, 3.05) is 20.3 Å². The Morgan fingerprint density at radius 3 is 2.56 bits per heavy atom. The molecule has 3 nitrogen and oxygen atoms in total. The molecule has 1 aliphatic heterocycles. The molecule has 0 N–H and O–H groups in total. The van der Waals surface area contributed by atoms with Crippen LogP contribution in [0.5, 0.6) is 11.5 Å². The number of benzene rings is 3. The highest BCUT2D eigenvalue weighted by atomic mass is 16.5. The second kappa shape index (κ2) is 7.85. The first-order chi connectivity index (χ1) is 13.2. The highest BCUT2D eigenvalue weighted by molar-refractivity contribution is 5.71. The molecular weight excluding hydrogens is 334 g/mol. The summed E-state index contributed by atoms with van der Waals surface area (Å²) in [6.07, 6.45) is 0. The Morgan fingerprint density at radius 2 is 1.78 bits per heavy atom. The summed E-state index contributed by atoms with van der Waals surface area (Å²) >= 11 is 0. The van der Waals surface area contributed by atoms with Crippen molar-refractivity contribution < 1.29 is 9.47 Å². The molecule has 0 spiro atoms. The quantitative estimate of drug-likeness (QED) is 0.649. The Labute approximate surface area is 161 Å². The molecule has 4 rings (SSSR count). The number of hydrogen-bond acceptors (Lipinski definition) is 3. The zero-order valence-corrected chi connectivity index (χ0v) is 15.9. The lowest BCUT2D eigenvalue weighted by Gasteiger charge is -2.20. The Morgan fingerprint density at radius 1 is 1.00 bits per heavy atom. The van der Waals surface area contributed by atoms with Gasteiger partial charge < -0.3 is 9.47 Å². The van der Waals surface area contributed by atoms with E-state index in [2.05, 4.69) is 78.6 Å². The highest BCUT2D eigenvalue weighted by Gasteiger charge is 2.21. The van der Waals surface area contributed by atoms with E-state index in [1.54, 1.807) is 7.11 Å². The number of rotatable bonds is 4. The van der Waals surface area contributed by atoms with Crippen molar-refractivity contribution in [3.8, 4) is 22.6 Å². The smallest absolute Gasteiger partial charge is 0.165 e. The van der Waals surface area contributed by atoms with E-state index >= 15 is 0 Å². The molecule has 0 saturated heterocycles. The third kappa shape index (κ3) is 3.83. The average Bonchev–Trinajstić information content (AvgIpc) is 2.90. The maximum Gasteiger partial charge on any atom is 0.165 e. The number of ether oxygens (including phenoxy) is 2. The van der Waals surface area contributed by atoms with E-state index in [9.17, 15) is 0 Å². The lowest BCUT2D eigenvalue weighted by atomic mass is 9.97. The van der Waals surface area contributed by atoms with Gasteiger partial charge in [-0.3, -0.25) is 4.90 Å². The average molecular weight is 359 g/mol. The van der Waals surface area contributed by atoms with Crippen molar-refractivity contribution >= 4 is 0 Å². The van der Waals surface area contributed by atoms with Gasteiger partial charge in [0.25, 0.3) is 0 Å². The van der Waals surface area contributed by atoms with Crippen LogP contribution < -0.4 is 9.47 Å². The summed E-state index contributed by atoms with van der Waals surface area (Å²) in [6, 6.07) is 23.4. The topological polar surface area (TPSA) is 21.7 Å². The van der Waals surface area contributed by atoms with Crippen LogP contribution in [-0.4, -0.2) is 25.2 Å². The molecular formula is C24H25NO2. The Balaban J connectivity index is 1.70. The maximum absolute atomic E-state index is 6.09. The van der Waals surface area contributed by atoms with E-state index in [-0.39, 0.29) is 0 Å². The highest BCUT2D eigenvalue weighted by Crippen LogP contribution is 2.39. The molecule has 27 heavy (non-hydrogen) atoms. The molecule has 0 atom stereocenters. The van der Waals surface area contributed by atoms with Crippen LogP contribution in [0.15, 0.2) is 66.7 Å². The molecule has 3 aromatic rings. The van der Waals surface area contributed by atoms with E-state index in [0.717, 1.165) is 31.1 Å². The van der Waals surface area contributed by atoms with Gasteiger partial charge in [-0.1, -0.05) is 54.6 Å². The summed E-state index contributed by atoms with van der Waals surface area (Å²) in [5, 5.41) is 0. The van der Waals surface area contributed by atoms with E-state index in [4.69, 9.17) is 9.47 Å². The monoisotopic (exact) mass is 359 g/mol. The molecule has 0 aliphatic carbocycles. The van der Waals surface area contributed by atoms with Gasteiger partial charge in [0.2, 0.25) is 0 Å². The summed E-state index contributed by atoms with van der Waals surface area (Å²) in [7, 11) is 1.72. The molecule has 3 aromatic carbocycles. The number of nitrogens with zero attached hydrogens (tertiary/aromatic N) is 1. The second-order valence-corrected chi connectivity index (χ2v) is 7.03. The predicted octanol–water partition coefficient (Wildman–Crippen LogP) is 5.07. The predicted molar refractivity (Wildman–Crippen MR) is 109 cm³/mol. The minimum absolute atomic E-state index is 0.667. The van der Waals surface area contributed by atoms with Gasteiger partial charge in [-0.15, -0.1) is 0 Å². The van der Waals surface area contributed by atoms with Gasteiger partial charge in [-0.2, -0.15) is 0 Å². The number of methoxy groups -OCH3 is 1. The summed E-state index contributed by atoms with van der Waals surface area (Å²) in [5.41, 5.74) is 6.17. The first-order valence-electron chi connectivity index (χ1n) is 9.40. The third-order valence-corrected chi connectivity index (χ3v) is 5.10. The number of aryl methyl sites for hydroxylation is 1. The molecule has 0 saturated carbocycles. The third-order valence-electron chi connectivity index (χ3n) is 5.10. The van der Waals surface area contributed by atoms with Gasteiger partial charge >= 0.3 is 0 Å². The summed E-state index contributed by atoms with van der Waals surface area (Å²) in [5.74, 6) is 1.69. The van der Waals surface area contributed by atoms with Gasteiger partial charge in [-0.25, -0.2) is 0 Å².